The number of aryl methyl sites for hydroxylation is 1. The van der Waals surface area contributed by atoms with Crippen LogP contribution in [0.1, 0.15) is 59.9 Å². The highest BCUT2D eigenvalue weighted by Crippen LogP contribution is 2.15. The standard InChI is InChI=1S/C27H33N3O3/c1-5-10-23-24(15-13-21-12-9-8-11-20(21)4)28-25-16-14-22(19-30(25)26(23)31)27(32)33-18-17-29(6-2)7-3/h8-9,11-16,19H,5-7,10,17-18H2,1-4H3/b15-13+. The third-order valence-corrected chi connectivity index (χ3v) is 5.83. The molecule has 0 radical (unpaired) electrons. The molecule has 33 heavy (non-hydrogen) atoms. The van der Waals surface area contributed by atoms with Gasteiger partial charge in [-0.1, -0.05) is 57.5 Å². The molecule has 0 aliphatic carbocycles. The summed E-state index contributed by atoms with van der Waals surface area (Å²) in [5, 5.41) is 0. The third kappa shape index (κ3) is 5.96. The van der Waals surface area contributed by atoms with E-state index in [2.05, 4.69) is 31.7 Å². The first-order valence-corrected chi connectivity index (χ1v) is 11.7. The summed E-state index contributed by atoms with van der Waals surface area (Å²) in [7, 11) is 0. The van der Waals surface area contributed by atoms with Crippen LogP contribution in [0.4, 0.5) is 0 Å². The lowest BCUT2D eigenvalue weighted by atomic mass is 10.1. The molecule has 0 N–H and O–H groups in total. The molecule has 174 valence electrons. The molecule has 0 bridgehead atoms. The lowest BCUT2D eigenvalue weighted by Gasteiger charge is -2.17. The molecule has 2 aromatic heterocycles. The highest BCUT2D eigenvalue weighted by Gasteiger charge is 2.14. The van der Waals surface area contributed by atoms with Gasteiger partial charge in [0.05, 0.1) is 11.3 Å². The highest BCUT2D eigenvalue weighted by atomic mass is 16.5. The van der Waals surface area contributed by atoms with E-state index in [-0.39, 0.29) is 5.56 Å². The summed E-state index contributed by atoms with van der Waals surface area (Å²) in [6, 6.07) is 11.4. The van der Waals surface area contributed by atoms with Gasteiger partial charge in [0.1, 0.15) is 12.3 Å². The SMILES string of the molecule is CCCc1c(/C=C/c2ccccc2C)nc2ccc(C(=O)OCCN(CC)CC)cn2c1=O. The summed E-state index contributed by atoms with van der Waals surface area (Å²) in [4.78, 5) is 32.8. The Kier molecular flexibility index (Phi) is 8.55. The second-order valence-electron chi connectivity index (χ2n) is 8.03. The van der Waals surface area contributed by atoms with Crippen molar-refractivity contribution in [2.45, 2.75) is 40.5 Å². The summed E-state index contributed by atoms with van der Waals surface area (Å²) in [5.41, 5.74) is 4.26. The molecule has 0 unspecified atom stereocenters. The van der Waals surface area contributed by atoms with Crippen LogP contribution in [-0.2, 0) is 11.2 Å². The van der Waals surface area contributed by atoms with Crippen LogP contribution in [0.2, 0.25) is 0 Å². The van der Waals surface area contributed by atoms with Crippen molar-refractivity contribution in [3.63, 3.8) is 0 Å². The van der Waals surface area contributed by atoms with E-state index in [1.807, 2.05) is 37.3 Å². The van der Waals surface area contributed by atoms with Gasteiger partial charge in [-0.3, -0.25) is 9.20 Å². The summed E-state index contributed by atoms with van der Waals surface area (Å²) in [5.74, 6) is -0.434. The maximum Gasteiger partial charge on any atom is 0.339 e. The Labute approximate surface area is 195 Å². The van der Waals surface area contributed by atoms with Gasteiger partial charge < -0.3 is 9.64 Å². The van der Waals surface area contributed by atoms with E-state index >= 15 is 0 Å². The number of benzene rings is 1. The zero-order chi connectivity index (χ0) is 23.8. The van der Waals surface area contributed by atoms with Crippen molar-refractivity contribution >= 4 is 23.8 Å². The number of ether oxygens (including phenoxy) is 1. The number of aromatic nitrogens is 2. The minimum atomic E-state index is -0.434. The number of carbonyl (C=O) groups excluding carboxylic acids is 1. The molecule has 0 atom stereocenters. The molecule has 0 fully saturated rings. The van der Waals surface area contributed by atoms with E-state index in [1.165, 1.54) is 4.40 Å². The predicted molar refractivity (Wildman–Crippen MR) is 134 cm³/mol. The normalized spacial score (nSPS) is 11.5. The zero-order valence-corrected chi connectivity index (χ0v) is 20.0. The fourth-order valence-electron chi connectivity index (χ4n) is 3.77. The van der Waals surface area contributed by atoms with Crippen molar-refractivity contribution in [2.24, 2.45) is 0 Å². The molecule has 3 rings (SSSR count). The maximum atomic E-state index is 13.3. The Morgan fingerprint density at radius 3 is 2.55 bits per heavy atom. The van der Waals surface area contributed by atoms with Gasteiger partial charge in [-0.15, -0.1) is 0 Å². The molecule has 0 aliphatic heterocycles. The lowest BCUT2D eigenvalue weighted by Crippen LogP contribution is -2.28. The molecule has 0 amide bonds. The molecule has 0 saturated heterocycles. The fraction of sp³-hybridized carbons (Fsp3) is 0.370. The van der Waals surface area contributed by atoms with Gasteiger partial charge in [0.2, 0.25) is 0 Å². The van der Waals surface area contributed by atoms with Gasteiger partial charge in [0.25, 0.3) is 5.56 Å². The molecule has 0 spiro atoms. The first-order valence-electron chi connectivity index (χ1n) is 11.7. The second-order valence-corrected chi connectivity index (χ2v) is 8.03. The minimum absolute atomic E-state index is 0.149. The Morgan fingerprint density at radius 1 is 1.09 bits per heavy atom. The number of rotatable bonds is 10. The first kappa shape index (κ1) is 24.4. The van der Waals surface area contributed by atoms with E-state index in [0.717, 1.165) is 30.6 Å². The van der Waals surface area contributed by atoms with E-state index in [1.54, 1.807) is 18.3 Å². The molecule has 3 aromatic rings. The van der Waals surface area contributed by atoms with Crippen LogP contribution in [0.25, 0.3) is 17.8 Å². The van der Waals surface area contributed by atoms with Crippen LogP contribution in [0.5, 0.6) is 0 Å². The lowest BCUT2D eigenvalue weighted by molar-refractivity contribution is 0.0466. The Hall–Kier alpha value is -3.25. The van der Waals surface area contributed by atoms with Crippen LogP contribution in [0.3, 0.4) is 0 Å². The number of hydrogen-bond donors (Lipinski definition) is 0. The van der Waals surface area contributed by atoms with Crippen molar-refractivity contribution in [1.82, 2.24) is 14.3 Å². The zero-order valence-electron chi connectivity index (χ0n) is 20.0. The van der Waals surface area contributed by atoms with Gasteiger partial charge in [0, 0.05) is 18.3 Å². The molecule has 6 nitrogen and oxygen atoms in total. The van der Waals surface area contributed by atoms with Gasteiger partial charge in [-0.05, 0) is 55.8 Å². The fourth-order valence-corrected chi connectivity index (χ4v) is 3.77. The highest BCUT2D eigenvalue weighted by molar-refractivity contribution is 5.89. The Bertz CT molecular complexity index is 1190. The largest absolute Gasteiger partial charge is 0.461 e. The Balaban J connectivity index is 1.91. The number of carbonyl (C=O) groups is 1. The van der Waals surface area contributed by atoms with Crippen LogP contribution in [-0.4, -0.2) is 46.5 Å². The number of fused-ring (bicyclic) bond motifs is 1. The average Bonchev–Trinajstić information content (AvgIpc) is 2.83. The quantitative estimate of drug-likeness (QED) is 0.424. The van der Waals surface area contributed by atoms with Gasteiger partial charge >= 0.3 is 5.97 Å². The van der Waals surface area contributed by atoms with Crippen molar-refractivity contribution in [2.75, 3.05) is 26.2 Å². The van der Waals surface area contributed by atoms with E-state index in [0.29, 0.717) is 42.0 Å². The van der Waals surface area contributed by atoms with Gasteiger partial charge in [-0.2, -0.15) is 0 Å². The number of esters is 1. The van der Waals surface area contributed by atoms with E-state index < -0.39 is 5.97 Å². The van der Waals surface area contributed by atoms with Crippen LogP contribution in [0, 0.1) is 6.92 Å². The van der Waals surface area contributed by atoms with Crippen LogP contribution < -0.4 is 5.56 Å². The monoisotopic (exact) mass is 447 g/mol. The number of pyridine rings is 1. The molecular weight excluding hydrogens is 414 g/mol. The second kappa shape index (κ2) is 11.6. The van der Waals surface area contributed by atoms with Crippen molar-refractivity contribution in [3.8, 4) is 0 Å². The molecular formula is C27H33N3O3. The van der Waals surface area contributed by atoms with Crippen LogP contribution in [0.15, 0.2) is 47.4 Å². The molecule has 0 aliphatic rings. The topological polar surface area (TPSA) is 63.9 Å². The van der Waals surface area contributed by atoms with Crippen LogP contribution >= 0.6 is 0 Å². The molecule has 2 heterocycles. The number of likely N-dealkylation sites (N-methyl/N-ethyl adjacent to an activating group) is 1. The van der Waals surface area contributed by atoms with Crippen molar-refractivity contribution in [1.29, 1.82) is 0 Å². The third-order valence-electron chi connectivity index (χ3n) is 5.83. The minimum Gasteiger partial charge on any atom is -0.461 e. The molecule has 0 saturated carbocycles. The molecule has 6 heteroatoms. The summed E-state index contributed by atoms with van der Waals surface area (Å²) in [6.07, 6.45) is 6.87. The Morgan fingerprint density at radius 2 is 1.85 bits per heavy atom. The average molecular weight is 448 g/mol. The summed E-state index contributed by atoms with van der Waals surface area (Å²) >= 11 is 0. The number of hydrogen-bond acceptors (Lipinski definition) is 5. The smallest absolute Gasteiger partial charge is 0.339 e. The predicted octanol–water partition coefficient (Wildman–Crippen LogP) is 4.62. The molecule has 1 aromatic carbocycles. The first-order chi connectivity index (χ1) is 16.0. The van der Waals surface area contributed by atoms with E-state index in [9.17, 15) is 9.59 Å². The summed E-state index contributed by atoms with van der Waals surface area (Å²) < 4.78 is 6.88. The van der Waals surface area contributed by atoms with Crippen molar-refractivity contribution < 1.29 is 9.53 Å². The maximum absolute atomic E-state index is 13.3. The van der Waals surface area contributed by atoms with Gasteiger partial charge in [-0.25, -0.2) is 9.78 Å². The van der Waals surface area contributed by atoms with Gasteiger partial charge in [0.15, 0.2) is 0 Å². The summed E-state index contributed by atoms with van der Waals surface area (Å²) in [6.45, 7) is 11.1. The van der Waals surface area contributed by atoms with E-state index in [4.69, 9.17) is 9.72 Å². The number of nitrogens with zero attached hydrogens (tertiary/aromatic N) is 3. The van der Waals surface area contributed by atoms with Crippen molar-refractivity contribution in [3.05, 3.63) is 80.9 Å².